The maximum Gasteiger partial charge on any atom is 0.352 e. The number of carbonyl (C=O) groups excluding carboxylic acids is 2. The number of carbonyl (C=O) groups is 2. The first-order valence-corrected chi connectivity index (χ1v) is 16.9. The van der Waals surface area contributed by atoms with Crippen molar-refractivity contribution in [2.45, 2.75) is 64.8 Å². The fourth-order valence-electron chi connectivity index (χ4n) is 6.76. The molecule has 2 aromatic carbocycles. The lowest BCUT2D eigenvalue weighted by Crippen LogP contribution is -2.67. The summed E-state index contributed by atoms with van der Waals surface area (Å²) in [7, 11) is -2.65. The molecule has 0 radical (unpaired) electrons. The molecule has 0 amide bonds. The van der Waals surface area contributed by atoms with E-state index in [9.17, 15) is 19.2 Å². The van der Waals surface area contributed by atoms with Crippen molar-refractivity contribution in [1.82, 2.24) is 13.9 Å². The molecule has 41 heavy (non-hydrogen) atoms. The maximum atomic E-state index is 14.4. The molecule has 216 valence electrons. The van der Waals surface area contributed by atoms with Crippen LogP contribution in [0.4, 0.5) is 0 Å². The summed E-state index contributed by atoms with van der Waals surface area (Å²) in [5, 5.41) is 0.278. The number of nitrogens with zero attached hydrogens (tertiary/aromatic N) is 3. The van der Waals surface area contributed by atoms with Crippen LogP contribution in [0.15, 0.2) is 81.4 Å². The Bertz CT molecular complexity index is 1630. The summed E-state index contributed by atoms with van der Waals surface area (Å²) < 4.78 is 15.6. The van der Waals surface area contributed by atoms with Crippen molar-refractivity contribution >= 4 is 25.2 Å². The molecule has 0 bridgehead atoms. The Morgan fingerprint density at radius 1 is 0.878 bits per heavy atom. The van der Waals surface area contributed by atoms with E-state index < -0.39 is 48.0 Å². The van der Waals surface area contributed by atoms with Crippen LogP contribution in [0.25, 0.3) is 5.69 Å². The van der Waals surface area contributed by atoms with Gasteiger partial charge in [-0.2, -0.15) is 0 Å². The van der Waals surface area contributed by atoms with E-state index in [0.717, 1.165) is 16.3 Å². The smallest absolute Gasteiger partial charge is 0.352 e. The zero-order valence-electron chi connectivity index (χ0n) is 24.5. The van der Waals surface area contributed by atoms with Crippen LogP contribution in [0.3, 0.4) is 0 Å². The molecule has 1 aromatic heterocycles. The van der Waals surface area contributed by atoms with Crippen LogP contribution in [0.2, 0.25) is 13.1 Å². The molecule has 5 rings (SSSR count). The van der Waals surface area contributed by atoms with Gasteiger partial charge in [0.05, 0.1) is 16.9 Å². The van der Waals surface area contributed by atoms with Gasteiger partial charge >= 0.3 is 23.3 Å². The van der Waals surface area contributed by atoms with Gasteiger partial charge in [0.15, 0.2) is 0 Å². The van der Waals surface area contributed by atoms with E-state index in [1.54, 1.807) is 21.5 Å². The second kappa shape index (κ2) is 10.2. The monoisotopic (exact) mass is 575 g/mol. The molecule has 10 heteroatoms. The lowest BCUT2D eigenvalue weighted by molar-refractivity contribution is -0.151. The average molecular weight is 576 g/mol. The molecule has 0 spiro atoms. The first-order chi connectivity index (χ1) is 19.3. The van der Waals surface area contributed by atoms with E-state index in [-0.39, 0.29) is 13.2 Å². The van der Waals surface area contributed by atoms with E-state index in [1.165, 1.54) is 18.4 Å². The topological polar surface area (TPSA) is 102 Å². The van der Waals surface area contributed by atoms with Gasteiger partial charge in [-0.3, -0.25) is 9.59 Å². The SMILES string of the molecule is CC(=O)OCC1(COC(C)=O)CC2=C(C1)[C@](C)([Si](C)(C)c1ccccc1)n1c(=O)n(-c3ccccc3)c(=O)n1[C@H]2C. The number of fused-ring (bicyclic) bond motifs is 1. The molecule has 0 saturated heterocycles. The number of hydrogen-bond acceptors (Lipinski definition) is 6. The minimum absolute atomic E-state index is 0.0662. The standard InChI is InChI=1S/C31H37N3O6Si/c1-21-26-17-31(19-39-22(2)35,20-40-23(3)36)18-27(26)30(4,41(5,6)25-15-11-8-12-16-25)34-29(38)32(28(37)33(21)34)24-13-9-7-10-14-24/h7-16,21H,17-20H2,1-6H3/t21-,30-/m0/s1. The summed E-state index contributed by atoms with van der Waals surface area (Å²) in [6.07, 6.45) is 0.931. The fourth-order valence-corrected chi connectivity index (χ4v) is 10.1. The normalized spacial score (nSPS) is 21.3. The van der Waals surface area contributed by atoms with Crippen LogP contribution < -0.4 is 16.6 Å². The third-order valence-corrected chi connectivity index (χ3v) is 14.0. The molecular weight excluding hydrogens is 538 g/mol. The lowest BCUT2D eigenvalue weighted by atomic mass is 9.84. The Kier molecular flexibility index (Phi) is 7.09. The summed E-state index contributed by atoms with van der Waals surface area (Å²) >= 11 is 0. The lowest BCUT2D eigenvalue weighted by Gasteiger charge is -2.49. The van der Waals surface area contributed by atoms with Crippen molar-refractivity contribution in [2.75, 3.05) is 13.2 Å². The van der Waals surface area contributed by atoms with Crippen molar-refractivity contribution in [1.29, 1.82) is 0 Å². The molecule has 0 fully saturated rings. The van der Waals surface area contributed by atoms with Gasteiger partial charge in [-0.1, -0.05) is 66.8 Å². The van der Waals surface area contributed by atoms with Gasteiger partial charge in [0.25, 0.3) is 0 Å². The highest BCUT2D eigenvalue weighted by Gasteiger charge is 2.59. The molecule has 9 nitrogen and oxygen atoms in total. The highest BCUT2D eigenvalue weighted by atomic mass is 28.3. The molecule has 2 atom stereocenters. The number of allylic oxidation sites excluding steroid dienone is 2. The van der Waals surface area contributed by atoms with Gasteiger partial charge in [0.1, 0.15) is 21.3 Å². The number of ether oxygens (including phenoxy) is 2. The van der Waals surface area contributed by atoms with Crippen molar-refractivity contribution in [3.05, 3.63) is 92.8 Å². The summed E-state index contributed by atoms with van der Waals surface area (Å²) in [5.74, 6) is -0.833. The van der Waals surface area contributed by atoms with E-state index in [0.29, 0.717) is 18.5 Å². The first-order valence-electron chi connectivity index (χ1n) is 13.9. The van der Waals surface area contributed by atoms with Gasteiger partial charge in [-0.15, -0.1) is 0 Å². The number of benzene rings is 2. The minimum Gasteiger partial charge on any atom is -0.465 e. The molecule has 3 aromatic rings. The van der Waals surface area contributed by atoms with Crippen LogP contribution in [0.5, 0.6) is 0 Å². The number of hydrogen-bond donors (Lipinski definition) is 0. The number of aromatic nitrogens is 3. The second-order valence-corrected chi connectivity index (χ2v) is 16.9. The summed E-state index contributed by atoms with van der Waals surface area (Å²) in [4.78, 5) is 52.4. The molecular formula is C31H37N3O6Si. The molecule has 0 saturated carbocycles. The zero-order chi connectivity index (χ0) is 29.7. The van der Waals surface area contributed by atoms with E-state index in [2.05, 4.69) is 32.2 Å². The van der Waals surface area contributed by atoms with Crippen LogP contribution in [0, 0.1) is 5.41 Å². The molecule has 1 aliphatic carbocycles. The predicted octanol–water partition coefficient (Wildman–Crippen LogP) is 3.45. The summed E-state index contributed by atoms with van der Waals surface area (Å²) in [5.41, 5.74) is 1.10. The molecule has 0 unspecified atom stereocenters. The Labute approximate surface area is 240 Å². The predicted molar refractivity (Wildman–Crippen MR) is 158 cm³/mol. The Morgan fingerprint density at radius 2 is 1.41 bits per heavy atom. The Morgan fingerprint density at radius 3 is 1.95 bits per heavy atom. The van der Waals surface area contributed by atoms with E-state index in [4.69, 9.17) is 9.47 Å². The van der Waals surface area contributed by atoms with Crippen LogP contribution in [0.1, 0.15) is 46.6 Å². The maximum absolute atomic E-state index is 14.4. The van der Waals surface area contributed by atoms with Crippen molar-refractivity contribution in [3.8, 4) is 5.69 Å². The first kappa shape index (κ1) is 28.6. The number of para-hydroxylation sites is 1. The quantitative estimate of drug-likeness (QED) is 0.243. The van der Waals surface area contributed by atoms with Crippen molar-refractivity contribution in [3.63, 3.8) is 0 Å². The molecule has 0 N–H and O–H groups in total. The highest BCUT2D eigenvalue weighted by Crippen LogP contribution is 2.55. The fraction of sp³-hybridized carbons (Fsp3) is 0.419. The summed E-state index contributed by atoms with van der Waals surface area (Å²) in [6.45, 7) is 11.3. The highest BCUT2D eigenvalue weighted by molar-refractivity contribution is 6.92. The van der Waals surface area contributed by atoms with Crippen LogP contribution >= 0.6 is 0 Å². The van der Waals surface area contributed by atoms with Gasteiger partial charge in [0, 0.05) is 19.3 Å². The molecule has 2 heterocycles. The molecule has 1 aliphatic heterocycles. The Balaban J connectivity index is 1.77. The van der Waals surface area contributed by atoms with Gasteiger partial charge < -0.3 is 9.47 Å². The average Bonchev–Trinajstić information content (AvgIpc) is 3.47. The summed E-state index contributed by atoms with van der Waals surface area (Å²) in [6, 6.07) is 18.7. The van der Waals surface area contributed by atoms with Crippen LogP contribution in [-0.2, 0) is 24.2 Å². The van der Waals surface area contributed by atoms with Crippen molar-refractivity contribution < 1.29 is 19.1 Å². The van der Waals surface area contributed by atoms with Gasteiger partial charge in [-0.05, 0) is 50.0 Å². The zero-order valence-corrected chi connectivity index (χ0v) is 25.5. The van der Waals surface area contributed by atoms with Gasteiger partial charge in [-0.25, -0.2) is 23.5 Å². The second-order valence-electron chi connectivity index (χ2n) is 12.0. The Hall–Kier alpha value is -3.92. The largest absolute Gasteiger partial charge is 0.465 e. The third-order valence-electron chi connectivity index (χ3n) is 9.25. The third kappa shape index (κ3) is 4.45. The number of esters is 2. The van der Waals surface area contributed by atoms with Crippen molar-refractivity contribution in [2.24, 2.45) is 5.41 Å². The minimum atomic E-state index is -2.65. The van der Waals surface area contributed by atoms with E-state index in [1.807, 2.05) is 43.3 Å². The number of rotatable bonds is 7. The molecule has 2 aliphatic rings. The van der Waals surface area contributed by atoms with Crippen LogP contribution in [-0.4, -0.2) is 47.2 Å². The van der Waals surface area contributed by atoms with Gasteiger partial charge in [0.2, 0.25) is 0 Å². The van der Waals surface area contributed by atoms with E-state index >= 15 is 0 Å².